The summed E-state index contributed by atoms with van der Waals surface area (Å²) in [4.78, 5) is 41.5. The molecule has 9 heteroatoms. The van der Waals surface area contributed by atoms with Crippen LogP contribution < -0.4 is 16.2 Å². The predicted octanol–water partition coefficient (Wildman–Crippen LogP) is 1.39. The summed E-state index contributed by atoms with van der Waals surface area (Å²) in [5, 5.41) is 5.40. The standard InChI is InChI=1S/C16H15ClN4O3S/c1-25-5-2-10-13(22)21-4-3-16(14(23)19-15(24)20-16)9-6-8(17)7-11(18-10)12(9)21/h6-7H,2-5H2,1H3,(H2,19,20,23,24). The lowest BCUT2D eigenvalue weighted by Gasteiger charge is -2.33. The van der Waals surface area contributed by atoms with Crippen molar-refractivity contribution in [2.45, 2.75) is 24.9 Å². The number of fused-ring (bicyclic) bond motifs is 1. The molecule has 2 aliphatic rings. The second-order valence-corrected chi connectivity index (χ2v) is 7.56. The molecule has 130 valence electrons. The number of halogens is 1. The summed E-state index contributed by atoms with van der Waals surface area (Å²) < 4.78 is 1.65. The van der Waals surface area contributed by atoms with E-state index in [1.54, 1.807) is 28.5 Å². The average Bonchev–Trinajstić information content (AvgIpc) is 2.85. The predicted molar refractivity (Wildman–Crippen MR) is 96.1 cm³/mol. The van der Waals surface area contributed by atoms with Crippen LogP contribution in [0.2, 0.25) is 5.02 Å². The maximum Gasteiger partial charge on any atom is 0.322 e. The number of rotatable bonds is 3. The number of nitrogens with one attached hydrogen (secondary N) is 2. The van der Waals surface area contributed by atoms with Crippen LogP contribution in [0.4, 0.5) is 4.79 Å². The van der Waals surface area contributed by atoms with Gasteiger partial charge in [0.1, 0.15) is 11.2 Å². The van der Waals surface area contributed by atoms with Crippen LogP contribution in [-0.2, 0) is 23.3 Å². The third kappa shape index (κ3) is 2.35. The molecule has 0 aliphatic carbocycles. The van der Waals surface area contributed by atoms with Crippen LogP contribution >= 0.6 is 23.4 Å². The summed E-state index contributed by atoms with van der Waals surface area (Å²) in [6, 6.07) is 2.78. The quantitative estimate of drug-likeness (QED) is 0.787. The van der Waals surface area contributed by atoms with Crippen LogP contribution in [0.15, 0.2) is 16.9 Å². The molecule has 1 atom stereocenters. The molecule has 2 aliphatic heterocycles. The number of urea groups is 1. The fourth-order valence-electron chi connectivity index (χ4n) is 3.58. The van der Waals surface area contributed by atoms with Crippen LogP contribution in [0.3, 0.4) is 0 Å². The van der Waals surface area contributed by atoms with Crippen molar-refractivity contribution in [1.29, 1.82) is 0 Å². The molecule has 1 aromatic heterocycles. The SMILES string of the molecule is CSCCc1nc2cc(Cl)cc3c2n(c1=O)CCC31NC(=O)NC1=O. The van der Waals surface area contributed by atoms with E-state index in [9.17, 15) is 14.4 Å². The maximum absolute atomic E-state index is 12.8. The van der Waals surface area contributed by atoms with Gasteiger partial charge in [-0.15, -0.1) is 0 Å². The molecule has 0 bridgehead atoms. The Morgan fingerprint density at radius 2 is 2.16 bits per heavy atom. The molecule has 7 nitrogen and oxygen atoms in total. The van der Waals surface area contributed by atoms with Crippen molar-refractivity contribution in [3.63, 3.8) is 0 Å². The van der Waals surface area contributed by atoms with Gasteiger partial charge in [-0.05, 0) is 24.1 Å². The van der Waals surface area contributed by atoms with Gasteiger partial charge in [0.2, 0.25) is 0 Å². The molecule has 1 aromatic carbocycles. The molecule has 0 radical (unpaired) electrons. The number of amides is 3. The van der Waals surface area contributed by atoms with Crippen molar-refractivity contribution < 1.29 is 9.59 Å². The molecule has 3 heterocycles. The minimum Gasteiger partial charge on any atom is -0.319 e. The summed E-state index contributed by atoms with van der Waals surface area (Å²) in [7, 11) is 0. The first kappa shape index (κ1) is 16.4. The Bertz CT molecular complexity index is 989. The van der Waals surface area contributed by atoms with Crippen molar-refractivity contribution in [3.05, 3.63) is 38.8 Å². The van der Waals surface area contributed by atoms with Gasteiger partial charge in [0.05, 0.1) is 11.0 Å². The molecule has 0 saturated carbocycles. The summed E-state index contributed by atoms with van der Waals surface area (Å²) in [6.45, 7) is 0.326. The van der Waals surface area contributed by atoms with Crippen molar-refractivity contribution in [2.75, 3.05) is 12.0 Å². The molecule has 1 fully saturated rings. The number of carbonyl (C=O) groups excluding carboxylic acids is 2. The van der Waals surface area contributed by atoms with E-state index in [1.807, 2.05) is 6.26 Å². The fourth-order valence-corrected chi connectivity index (χ4v) is 4.19. The zero-order valence-electron chi connectivity index (χ0n) is 13.4. The highest BCUT2D eigenvalue weighted by atomic mass is 35.5. The summed E-state index contributed by atoms with van der Waals surface area (Å²) in [5.41, 5.74) is 0.785. The summed E-state index contributed by atoms with van der Waals surface area (Å²) >= 11 is 7.89. The van der Waals surface area contributed by atoms with Gasteiger partial charge < -0.3 is 9.88 Å². The van der Waals surface area contributed by atoms with E-state index >= 15 is 0 Å². The number of hydrogen-bond acceptors (Lipinski definition) is 5. The van der Waals surface area contributed by atoms with Crippen molar-refractivity contribution in [3.8, 4) is 0 Å². The first-order chi connectivity index (χ1) is 12.0. The Kier molecular flexibility index (Phi) is 3.77. The average molecular weight is 379 g/mol. The van der Waals surface area contributed by atoms with Gasteiger partial charge >= 0.3 is 6.03 Å². The highest BCUT2D eigenvalue weighted by Gasteiger charge is 2.50. The highest BCUT2D eigenvalue weighted by molar-refractivity contribution is 7.98. The molecule has 3 amide bonds. The summed E-state index contributed by atoms with van der Waals surface area (Å²) in [6.07, 6.45) is 2.84. The van der Waals surface area contributed by atoms with E-state index in [2.05, 4.69) is 15.6 Å². The number of imide groups is 1. The highest BCUT2D eigenvalue weighted by Crippen LogP contribution is 2.38. The number of benzene rings is 1. The molecule has 1 unspecified atom stereocenters. The Hall–Kier alpha value is -2.06. The van der Waals surface area contributed by atoms with Gasteiger partial charge in [-0.2, -0.15) is 11.8 Å². The minimum absolute atomic E-state index is 0.148. The van der Waals surface area contributed by atoms with Crippen LogP contribution in [-0.4, -0.2) is 33.5 Å². The number of carbonyl (C=O) groups is 2. The van der Waals surface area contributed by atoms with Crippen LogP contribution in [0.25, 0.3) is 11.0 Å². The lowest BCUT2D eigenvalue weighted by molar-refractivity contribution is -0.124. The van der Waals surface area contributed by atoms with Gasteiger partial charge in [0.25, 0.3) is 11.5 Å². The lowest BCUT2D eigenvalue weighted by atomic mass is 9.83. The van der Waals surface area contributed by atoms with Crippen molar-refractivity contribution in [1.82, 2.24) is 20.2 Å². The van der Waals surface area contributed by atoms with Gasteiger partial charge in [0, 0.05) is 30.0 Å². The Labute approximate surface area is 152 Å². The first-order valence-corrected chi connectivity index (χ1v) is 9.59. The van der Waals surface area contributed by atoms with E-state index in [-0.39, 0.29) is 5.56 Å². The Morgan fingerprint density at radius 1 is 1.36 bits per heavy atom. The first-order valence-electron chi connectivity index (χ1n) is 7.82. The second-order valence-electron chi connectivity index (χ2n) is 6.14. The molecular weight excluding hydrogens is 364 g/mol. The van der Waals surface area contributed by atoms with Crippen LogP contribution in [0.1, 0.15) is 17.7 Å². The van der Waals surface area contributed by atoms with Crippen LogP contribution in [0, 0.1) is 0 Å². The Morgan fingerprint density at radius 3 is 2.84 bits per heavy atom. The number of nitrogens with zero attached hydrogens (tertiary/aromatic N) is 2. The zero-order chi connectivity index (χ0) is 17.8. The molecule has 4 rings (SSSR count). The topological polar surface area (TPSA) is 93.1 Å². The molecular formula is C16H15ClN4O3S. The van der Waals surface area contributed by atoms with E-state index < -0.39 is 17.5 Å². The fraction of sp³-hybridized carbons (Fsp3) is 0.375. The number of aromatic nitrogens is 2. The Balaban J connectivity index is 2.02. The van der Waals surface area contributed by atoms with E-state index in [0.29, 0.717) is 46.7 Å². The number of hydrogen-bond donors (Lipinski definition) is 2. The van der Waals surface area contributed by atoms with E-state index in [1.165, 1.54) is 0 Å². The van der Waals surface area contributed by atoms with Gasteiger partial charge in [0.15, 0.2) is 0 Å². The molecule has 25 heavy (non-hydrogen) atoms. The minimum atomic E-state index is -1.20. The summed E-state index contributed by atoms with van der Waals surface area (Å²) in [5.74, 6) is 0.370. The molecule has 1 spiro atoms. The zero-order valence-corrected chi connectivity index (χ0v) is 15.0. The third-order valence-electron chi connectivity index (χ3n) is 4.73. The van der Waals surface area contributed by atoms with E-state index in [0.717, 1.165) is 5.75 Å². The van der Waals surface area contributed by atoms with E-state index in [4.69, 9.17) is 11.6 Å². The monoisotopic (exact) mass is 378 g/mol. The normalized spacial score (nSPS) is 21.7. The van der Waals surface area contributed by atoms with Gasteiger partial charge in [-0.25, -0.2) is 9.78 Å². The van der Waals surface area contributed by atoms with Crippen LogP contribution in [0.5, 0.6) is 0 Å². The largest absolute Gasteiger partial charge is 0.322 e. The number of thioether (sulfide) groups is 1. The van der Waals surface area contributed by atoms with Crippen molar-refractivity contribution >= 4 is 46.3 Å². The van der Waals surface area contributed by atoms with Gasteiger partial charge in [-0.3, -0.25) is 14.9 Å². The van der Waals surface area contributed by atoms with Crippen molar-refractivity contribution in [2.24, 2.45) is 0 Å². The number of aryl methyl sites for hydroxylation is 2. The van der Waals surface area contributed by atoms with Gasteiger partial charge in [-0.1, -0.05) is 11.6 Å². The second kappa shape index (κ2) is 5.74. The molecule has 1 saturated heterocycles. The molecule has 2 N–H and O–H groups in total. The maximum atomic E-state index is 12.8. The smallest absolute Gasteiger partial charge is 0.319 e. The lowest BCUT2D eigenvalue weighted by Crippen LogP contribution is -2.48. The molecule has 2 aromatic rings. The third-order valence-corrected chi connectivity index (χ3v) is 5.56.